The second-order valence-corrected chi connectivity index (χ2v) is 3.74. The molecule has 1 aromatic heterocycles. The summed E-state index contributed by atoms with van der Waals surface area (Å²) in [6.07, 6.45) is 1.55. The van der Waals surface area contributed by atoms with Gasteiger partial charge in [0.1, 0.15) is 5.75 Å². The highest BCUT2D eigenvalue weighted by Crippen LogP contribution is 2.23. The largest absolute Gasteiger partial charge is 0.439 e. The highest BCUT2D eigenvalue weighted by atomic mass is 35.5. The van der Waals surface area contributed by atoms with Gasteiger partial charge in [-0.1, -0.05) is 17.7 Å². The third kappa shape index (κ3) is 3.36. The van der Waals surface area contributed by atoms with Crippen LogP contribution in [0.2, 0.25) is 5.02 Å². The number of aliphatic imine (C=N–C) groups is 1. The van der Waals surface area contributed by atoms with Gasteiger partial charge >= 0.3 is 0 Å². The lowest BCUT2D eigenvalue weighted by Gasteiger charge is -2.04. The Morgan fingerprint density at radius 3 is 2.82 bits per heavy atom. The minimum Gasteiger partial charge on any atom is -0.439 e. The van der Waals surface area contributed by atoms with Crippen molar-refractivity contribution in [1.82, 2.24) is 4.98 Å². The van der Waals surface area contributed by atoms with Gasteiger partial charge in [-0.2, -0.15) is 4.99 Å². The monoisotopic (exact) mass is 262 g/mol. The van der Waals surface area contributed by atoms with E-state index in [9.17, 15) is 0 Å². The third-order valence-electron chi connectivity index (χ3n) is 1.91. The first-order valence-corrected chi connectivity index (χ1v) is 5.54. The Bertz CT molecular complexity index is 565. The standard InChI is InChI=1S/C12H7ClN2OS/c13-9-2-1-3-11(6-9)16-12-5-4-10(7-14-12)15-8-17/h1-7H. The molecule has 0 radical (unpaired) electrons. The summed E-state index contributed by atoms with van der Waals surface area (Å²) in [6.45, 7) is 0. The van der Waals surface area contributed by atoms with E-state index < -0.39 is 0 Å². The van der Waals surface area contributed by atoms with Gasteiger partial charge in [0.2, 0.25) is 5.88 Å². The summed E-state index contributed by atoms with van der Waals surface area (Å²) in [5, 5.41) is 2.89. The fourth-order valence-electron chi connectivity index (χ4n) is 1.20. The Morgan fingerprint density at radius 1 is 1.29 bits per heavy atom. The van der Waals surface area contributed by atoms with Gasteiger partial charge in [-0.15, -0.1) is 0 Å². The quantitative estimate of drug-likeness (QED) is 0.612. The zero-order valence-electron chi connectivity index (χ0n) is 8.63. The van der Waals surface area contributed by atoms with Crippen molar-refractivity contribution in [3.63, 3.8) is 0 Å². The van der Waals surface area contributed by atoms with Crippen molar-refractivity contribution < 1.29 is 4.74 Å². The van der Waals surface area contributed by atoms with E-state index in [1.54, 1.807) is 36.5 Å². The summed E-state index contributed by atoms with van der Waals surface area (Å²) in [4.78, 5) is 7.87. The summed E-state index contributed by atoms with van der Waals surface area (Å²) >= 11 is 10.3. The third-order valence-corrected chi connectivity index (χ3v) is 2.24. The van der Waals surface area contributed by atoms with E-state index in [1.807, 2.05) is 6.07 Å². The van der Waals surface area contributed by atoms with Crippen LogP contribution in [0.4, 0.5) is 5.69 Å². The lowest BCUT2D eigenvalue weighted by Crippen LogP contribution is -1.86. The molecule has 0 aliphatic carbocycles. The molecule has 17 heavy (non-hydrogen) atoms. The lowest BCUT2D eigenvalue weighted by atomic mass is 10.3. The van der Waals surface area contributed by atoms with Crippen molar-refractivity contribution in [2.45, 2.75) is 0 Å². The molecule has 84 valence electrons. The van der Waals surface area contributed by atoms with Crippen molar-refractivity contribution >= 4 is 34.7 Å². The number of ether oxygens (including phenoxy) is 1. The van der Waals surface area contributed by atoms with E-state index in [1.165, 1.54) is 0 Å². The summed E-state index contributed by atoms with van der Waals surface area (Å²) in [5.41, 5.74) is 0.637. The van der Waals surface area contributed by atoms with Crippen LogP contribution in [0.1, 0.15) is 0 Å². The predicted octanol–water partition coefficient (Wildman–Crippen LogP) is 4.26. The maximum atomic E-state index is 5.84. The number of hydrogen-bond donors (Lipinski definition) is 0. The molecule has 2 aromatic rings. The molecule has 0 atom stereocenters. The van der Waals surface area contributed by atoms with Gasteiger partial charge in [0.15, 0.2) is 0 Å². The lowest BCUT2D eigenvalue weighted by molar-refractivity contribution is 0.463. The van der Waals surface area contributed by atoms with Gasteiger partial charge in [-0.05, 0) is 36.5 Å². The smallest absolute Gasteiger partial charge is 0.219 e. The minimum atomic E-state index is 0.468. The molecule has 0 spiro atoms. The number of halogens is 1. The fraction of sp³-hybridized carbons (Fsp3) is 0. The van der Waals surface area contributed by atoms with Crippen molar-refractivity contribution in [3.8, 4) is 11.6 Å². The number of aromatic nitrogens is 1. The molecule has 2 rings (SSSR count). The van der Waals surface area contributed by atoms with E-state index in [-0.39, 0.29) is 0 Å². The number of nitrogens with zero attached hydrogens (tertiary/aromatic N) is 2. The van der Waals surface area contributed by atoms with Crippen molar-refractivity contribution in [2.75, 3.05) is 0 Å². The zero-order chi connectivity index (χ0) is 12.1. The molecule has 0 amide bonds. The highest BCUT2D eigenvalue weighted by molar-refractivity contribution is 7.78. The average molecular weight is 263 g/mol. The summed E-state index contributed by atoms with van der Waals surface area (Å²) < 4.78 is 5.51. The molecule has 0 aliphatic rings. The van der Waals surface area contributed by atoms with Gasteiger partial charge in [-0.25, -0.2) is 4.98 Å². The maximum absolute atomic E-state index is 5.84. The fourth-order valence-corrected chi connectivity index (χ4v) is 1.49. The normalized spacial score (nSPS) is 9.47. The molecule has 0 saturated carbocycles. The Balaban J connectivity index is 2.16. The summed E-state index contributed by atoms with van der Waals surface area (Å²) in [5.74, 6) is 1.10. The highest BCUT2D eigenvalue weighted by Gasteiger charge is 1.99. The van der Waals surface area contributed by atoms with Crippen molar-refractivity contribution in [1.29, 1.82) is 0 Å². The van der Waals surface area contributed by atoms with Gasteiger partial charge in [0, 0.05) is 11.1 Å². The Hall–Kier alpha value is -1.74. The van der Waals surface area contributed by atoms with Crippen LogP contribution in [0, 0.1) is 0 Å². The number of thiocarbonyl (C=S) groups is 1. The first-order chi connectivity index (χ1) is 8.28. The number of hydrogen-bond acceptors (Lipinski definition) is 4. The summed E-state index contributed by atoms with van der Waals surface area (Å²) in [6, 6.07) is 10.5. The number of rotatable bonds is 3. The predicted molar refractivity (Wildman–Crippen MR) is 70.4 cm³/mol. The Kier molecular flexibility index (Phi) is 3.83. The van der Waals surface area contributed by atoms with Crippen molar-refractivity contribution in [2.24, 2.45) is 4.99 Å². The molecule has 3 nitrogen and oxygen atoms in total. The van der Waals surface area contributed by atoms with E-state index in [0.29, 0.717) is 22.3 Å². The van der Waals surface area contributed by atoms with Crippen LogP contribution in [0.5, 0.6) is 11.6 Å². The molecule has 0 aliphatic heterocycles. The molecular weight excluding hydrogens is 256 g/mol. The molecule has 0 fully saturated rings. The minimum absolute atomic E-state index is 0.468. The van der Waals surface area contributed by atoms with Crippen molar-refractivity contribution in [3.05, 3.63) is 47.6 Å². The van der Waals surface area contributed by atoms with Crippen LogP contribution in [0.3, 0.4) is 0 Å². The number of benzene rings is 1. The van der Waals surface area contributed by atoms with E-state index in [0.717, 1.165) is 0 Å². The molecule has 0 bridgehead atoms. The van der Waals surface area contributed by atoms with Crippen LogP contribution < -0.4 is 4.74 Å². The SMILES string of the molecule is S=C=Nc1ccc(Oc2cccc(Cl)c2)nc1. The van der Waals surface area contributed by atoms with E-state index in [4.69, 9.17) is 16.3 Å². The molecular formula is C12H7ClN2OS. The number of isothiocyanates is 1. The van der Waals surface area contributed by atoms with Crippen LogP contribution in [-0.4, -0.2) is 10.1 Å². The topological polar surface area (TPSA) is 34.5 Å². The maximum Gasteiger partial charge on any atom is 0.219 e. The zero-order valence-corrected chi connectivity index (χ0v) is 10.2. The molecule has 0 unspecified atom stereocenters. The first-order valence-electron chi connectivity index (χ1n) is 4.75. The average Bonchev–Trinajstić information content (AvgIpc) is 2.32. The Morgan fingerprint density at radius 2 is 2.18 bits per heavy atom. The summed E-state index contributed by atoms with van der Waals surface area (Å²) in [7, 11) is 0. The van der Waals surface area contributed by atoms with Crippen LogP contribution in [0.25, 0.3) is 0 Å². The molecule has 0 N–H and O–H groups in total. The van der Waals surface area contributed by atoms with E-state index >= 15 is 0 Å². The second kappa shape index (κ2) is 5.55. The van der Waals surface area contributed by atoms with Gasteiger partial charge in [-0.3, -0.25) is 0 Å². The van der Waals surface area contributed by atoms with E-state index in [2.05, 4.69) is 27.4 Å². The Labute approximate surface area is 109 Å². The number of pyridine rings is 1. The van der Waals surface area contributed by atoms with Gasteiger partial charge in [0.05, 0.1) is 17.0 Å². The van der Waals surface area contributed by atoms with Gasteiger partial charge in [0.25, 0.3) is 0 Å². The van der Waals surface area contributed by atoms with Gasteiger partial charge < -0.3 is 4.74 Å². The van der Waals surface area contributed by atoms with Crippen LogP contribution in [0.15, 0.2) is 47.6 Å². The molecule has 5 heteroatoms. The van der Waals surface area contributed by atoms with Crippen LogP contribution >= 0.6 is 23.8 Å². The molecule has 1 heterocycles. The van der Waals surface area contributed by atoms with Crippen LogP contribution in [-0.2, 0) is 0 Å². The molecule has 0 saturated heterocycles. The first kappa shape index (κ1) is 11.7. The molecule has 1 aromatic carbocycles. The second-order valence-electron chi connectivity index (χ2n) is 3.12.